The highest BCUT2D eigenvalue weighted by Gasteiger charge is 2.04. The fourth-order valence-electron chi connectivity index (χ4n) is 2.57. The SMILES string of the molecule is CCc1ncc(C)n1CCCNC(=S)NCCSCc1ccc(C)o1. The fourth-order valence-corrected chi connectivity index (χ4v) is 3.52. The lowest BCUT2D eigenvalue weighted by atomic mass is 10.3. The maximum atomic E-state index is 5.55. The molecule has 0 unspecified atom stereocenters. The highest BCUT2D eigenvalue weighted by molar-refractivity contribution is 7.98. The number of thioether (sulfide) groups is 1. The van der Waals surface area contributed by atoms with Crippen molar-refractivity contribution in [2.75, 3.05) is 18.8 Å². The minimum Gasteiger partial charge on any atom is -0.466 e. The second kappa shape index (κ2) is 10.5. The lowest BCUT2D eigenvalue weighted by Gasteiger charge is -2.12. The normalized spacial score (nSPS) is 10.8. The van der Waals surface area contributed by atoms with Crippen molar-refractivity contribution >= 4 is 29.1 Å². The minimum absolute atomic E-state index is 0.729. The summed E-state index contributed by atoms with van der Waals surface area (Å²) in [5.74, 6) is 5.05. The third-order valence-corrected chi connectivity index (χ3v) is 5.14. The number of nitrogens with zero attached hydrogens (tertiary/aromatic N) is 2. The molecule has 2 heterocycles. The molecule has 0 radical (unpaired) electrons. The second-order valence-corrected chi connectivity index (χ2v) is 7.44. The molecule has 0 amide bonds. The Morgan fingerprint density at radius 2 is 2.08 bits per heavy atom. The summed E-state index contributed by atoms with van der Waals surface area (Å²) in [6.45, 7) is 8.91. The van der Waals surface area contributed by atoms with Gasteiger partial charge in [0.25, 0.3) is 0 Å². The van der Waals surface area contributed by atoms with E-state index in [2.05, 4.69) is 34.0 Å². The lowest BCUT2D eigenvalue weighted by molar-refractivity contribution is 0.501. The quantitative estimate of drug-likeness (QED) is 0.486. The molecule has 0 atom stereocenters. The number of imidazole rings is 1. The molecule has 0 spiro atoms. The van der Waals surface area contributed by atoms with Crippen LogP contribution < -0.4 is 10.6 Å². The molecular formula is C18H28N4OS2. The van der Waals surface area contributed by atoms with Crippen LogP contribution >= 0.6 is 24.0 Å². The van der Waals surface area contributed by atoms with Gasteiger partial charge in [0.1, 0.15) is 17.3 Å². The van der Waals surface area contributed by atoms with Gasteiger partial charge >= 0.3 is 0 Å². The Hall–Kier alpha value is -1.47. The largest absolute Gasteiger partial charge is 0.466 e. The molecule has 2 N–H and O–H groups in total. The number of thiocarbonyl (C=S) groups is 1. The molecular weight excluding hydrogens is 352 g/mol. The van der Waals surface area contributed by atoms with Crippen LogP contribution in [0.5, 0.6) is 0 Å². The first-order chi connectivity index (χ1) is 12.1. The Bertz CT molecular complexity index is 666. The smallest absolute Gasteiger partial charge is 0.166 e. The first-order valence-electron chi connectivity index (χ1n) is 8.76. The van der Waals surface area contributed by atoms with E-state index in [4.69, 9.17) is 16.6 Å². The molecule has 0 aliphatic carbocycles. The molecule has 0 fully saturated rings. The van der Waals surface area contributed by atoms with Gasteiger partial charge in [0, 0.05) is 43.7 Å². The fraction of sp³-hybridized carbons (Fsp3) is 0.556. The lowest BCUT2D eigenvalue weighted by Crippen LogP contribution is -2.37. The molecule has 25 heavy (non-hydrogen) atoms. The van der Waals surface area contributed by atoms with Crippen molar-refractivity contribution in [3.05, 3.63) is 41.4 Å². The molecule has 0 bridgehead atoms. The van der Waals surface area contributed by atoms with Crippen LogP contribution in [0.4, 0.5) is 0 Å². The summed E-state index contributed by atoms with van der Waals surface area (Å²) in [5, 5.41) is 7.25. The van der Waals surface area contributed by atoms with Crippen LogP contribution in [0.25, 0.3) is 0 Å². The van der Waals surface area contributed by atoms with E-state index in [-0.39, 0.29) is 0 Å². The van der Waals surface area contributed by atoms with Gasteiger partial charge in [-0.1, -0.05) is 6.92 Å². The number of aryl methyl sites for hydroxylation is 3. The molecule has 138 valence electrons. The van der Waals surface area contributed by atoms with Crippen LogP contribution in [0.1, 0.15) is 36.4 Å². The van der Waals surface area contributed by atoms with Gasteiger partial charge in [0.15, 0.2) is 5.11 Å². The van der Waals surface area contributed by atoms with Crippen molar-refractivity contribution < 1.29 is 4.42 Å². The zero-order valence-corrected chi connectivity index (χ0v) is 16.9. The topological polar surface area (TPSA) is 55.0 Å². The summed E-state index contributed by atoms with van der Waals surface area (Å²) in [5.41, 5.74) is 1.22. The Kier molecular flexibility index (Phi) is 8.34. The van der Waals surface area contributed by atoms with Crippen LogP contribution in [0, 0.1) is 13.8 Å². The molecule has 0 aromatic carbocycles. The Balaban J connectivity index is 1.51. The Morgan fingerprint density at radius 1 is 1.28 bits per heavy atom. The molecule has 0 aliphatic rings. The predicted molar refractivity (Wildman–Crippen MR) is 109 cm³/mol. The second-order valence-electron chi connectivity index (χ2n) is 5.92. The Morgan fingerprint density at radius 3 is 2.80 bits per heavy atom. The summed E-state index contributed by atoms with van der Waals surface area (Å²) in [6.07, 6.45) is 3.94. The number of nitrogens with one attached hydrogen (secondary N) is 2. The third-order valence-electron chi connectivity index (χ3n) is 3.87. The molecule has 7 heteroatoms. The van der Waals surface area contributed by atoms with Gasteiger partial charge in [0.05, 0.1) is 5.75 Å². The van der Waals surface area contributed by atoms with Crippen molar-refractivity contribution in [3.8, 4) is 0 Å². The Labute approximate surface area is 160 Å². The van der Waals surface area contributed by atoms with Crippen LogP contribution in [0.2, 0.25) is 0 Å². The van der Waals surface area contributed by atoms with Gasteiger partial charge in [-0.2, -0.15) is 11.8 Å². The number of rotatable bonds is 10. The number of hydrogen-bond acceptors (Lipinski definition) is 4. The molecule has 5 nitrogen and oxygen atoms in total. The molecule has 2 aromatic rings. The molecule has 2 rings (SSSR count). The summed E-state index contributed by atoms with van der Waals surface area (Å²) in [4.78, 5) is 4.42. The highest BCUT2D eigenvalue weighted by Crippen LogP contribution is 2.14. The molecule has 0 saturated carbocycles. The molecule has 0 aliphatic heterocycles. The van der Waals surface area contributed by atoms with Gasteiger partial charge in [-0.05, 0) is 44.6 Å². The van der Waals surface area contributed by atoms with Gasteiger partial charge in [0.2, 0.25) is 0 Å². The van der Waals surface area contributed by atoms with Gasteiger partial charge in [-0.15, -0.1) is 0 Å². The van der Waals surface area contributed by atoms with E-state index < -0.39 is 0 Å². The third kappa shape index (κ3) is 6.74. The highest BCUT2D eigenvalue weighted by atomic mass is 32.2. The van der Waals surface area contributed by atoms with Crippen LogP contribution in [0.3, 0.4) is 0 Å². The zero-order valence-electron chi connectivity index (χ0n) is 15.3. The van der Waals surface area contributed by atoms with Crippen molar-refractivity contribution in [1.82, 2.24) is 20.2 Å². The molecule has 0 saturated heterocycles. The van der Waals surface area contributed by atoms with Crippen LogP contribution in [-0.2, 0) is 18.7 Å². The standard InChI is InChI=1S/C18H28N4OS2/c1-4-17-21-12-14(2)22(17)10-5-8-19-18(24)20-9-11-25-13-16-7-6-15(3)23-16/h6-7,12H,4-5,8-11,13H2,1-3H3,(H2,19,20,24). The number of aromatic nitrogens is 2. The average Bonchev–Trinajstić information content (AvgIpc) is 3.17. The minimum atomic E-state index is 0.729. The van der Waals surface area contributed by atoms with Crippen molar-refractivity contribution in [3.63, 3.8) is 0 Å². The number of hydrogen-bond donors (Lipinski definition) is 2. The summed E-state index contributed by atoms with van der Waals surface area (Å²) < 4.78 is 7.83. The monoisotopic (exact) mass is 380 g/mol. The van der Waals surface area contributed by atoms with Crippen molar-refractivity contribution in [2.45, 2.75) is 45.9 Å². The zero-order chi connectivity index (χ0) is 18.1. The van der Waals surface area contributed by atoms with E-state index in [1.165, 1.54) is 5.69 Å². The predicted octanol–water partition coefficient (Wildman–Crippen LogP) is 3.44. The summed E-state index contributed by atoms with van der Waals surface area (Å²) >= 11 is 7.16. The maximum absolute atomic E-state index is 5.55. The number of furan rings is 1. The van der Waals surface area contributed by atoms with Gasteiger partial charge in [-0.25, -0.2) is 4.98 Å². The maximum Gasteiger partial charge on any atom is 0.166 e. The van der Waals surface area contributed by atoms with Gasteiger partial charge < -0.3 is 19.6 Å². The first-order valence-corrected chi connectivity index (χ1v) is 10.3. The van der Waals surface area contributed by atoms with Crippen LogP contribution in [-0.4, -0.2) is 33.5 Å². The first kappa shape index (κ1) is 19.8. The van der Waals surface area contributed by atoms with E-state index in [0.29, 0.717) is 0 Å². The van der Waals surface area contributed by atoms with E-state index >= 15 is 0 Å². The molecule has 2 aromatic heterocycles. The van der Waals surface area contributed by atoms with E-state index in [1.807, 2.05) is 37.0 Å². The van der Waals surface area contributed by atoms with Crippen molar-refractivity contribution in [1.29, 1.82) is 0 Å². The van der Waals surface area contributed by atoms with E-state index in [0.717, 1.165) is 66.4 Å². The van der Waals surface area contributed by atoms with E-state index in [9.17, 15) is 0 Å². The summed E-state index contributed by atoms with van der Waals surface area (Å²) in [6, 6.07) is 4.04. The van der Waals surface area contributed by atoms with Crippen molar-refractivity contribution in [2.24, 2.45) is 0 Å². The average molecular weight is 381 g/mol. The van der Waals surface area contributed by atoms with E-state index in [1.54, 1.807) is 0 Å². The summed E-state index contributed by atoms with van der Waals surface area (Å²) in [7, 11) is 0. The van der Waals surface area contributed by atoms with Crippen LogP contribution in [0.15, 0.2) is 22.7 Å². The van der Waals surface area contributed by atoms with Gasteiger partial charge in [-0.3, -0.25) is 0 Å².